The SMILES string of the molecule is CC(C)OCCCNC(=O)N1CC(c2ccccn2)C1. The van der Waals surface area contributed by atoms with Crippen LogP contribution in [0, 0.1) is 0 Å². The van der Waals surface area contributed by atoms with Crippen LogP contribution in [0.25, 0.3) is 0 Å². The number of nitrogens with zero attached hydrogens (tertiary/aromatic N) is 2. The predicted octanol–water partition coefficient (Wildman–Crippen LogP) is 2.01. The Balaban J connectivity index is 1.60. The maximum absolute atomic E-state index is 11.9. The zero-order valence-electron chi connectivity index (χ0n) is 12.2. The highest BCUT2D eigenvalue weighted by molar-refractivity contribution is 5.75. The smallest absolute Gasteiger partial charge is 0.317 e. The largest absolute Gasteiger partial charge is 0.379 e. The van der Waals surface area contributed by atoms with Gasteiger partial charge >= 0.3 is 6.03 Å². The van der Waals surface area contributed by atoms with E-state index in [0.29, 0.717) is 19.1 Å². The monoisotopic (exact) mass is 277 g/mol. The minimum atomic E-state index is 0.0155. The lowest BCUT2D eigenvalue weighted by molar-refractivity contribution is 0.0768. The van der Waals surface area contributed by atoms with Gasteiger partial charge in [0, 0.05) is 44.0 Å². The van der Waals surface area contributed by atoms with E-state index >= 15 is 0 Å². The van der Waals surface area contributed by atoms with Crippen molar-refractivity contribution in [2.75, 3.05) is 26.2 Å². The maximum atomic E-state index is 11.9. The van der Waals surface area contributed by atoms with Crippen molar-refractivity contribution in [1.29, 1.82) is 0 Å². The molecule has 110 valence electrons. The molecule has 2 amide bonds. The maximum Gasteiger partial charge on any atom is 0.317 e. The minimum Gasteiger partial charge on any atom is -0.379 e. The molecule has 1 aromatic rings. The lowest BCUT2D eigenvalue weighted by atomic mass is 9.96. The van der Waals surface area contributed by atoms with Crippen molar-refractivity contribution in [2.45, 2.75) is 32.3 Å². The van der Waals surface area contributed by atoms with E-state index in [-0.39, 0.29) is 12.1 Å². The molecule has 1 saturated heterocycles. The highest BCUT2D eigenvalue weighted by atomic mass is 16.5. The van der Waals surface area contributed by atoms with Crippen molar-refractivity contribution in [3.05, 3.63) is 30.1 Å². The summed E-state index contributed by atoms with van der Waals surface area (Å²) in [5, 5.41) is 2.92. The van der Waals surface area contributed by atoms with E-state index in [1.165, 1.54) is 0 Å². The van der Waals surface area contributed by atoms with Gasteiger partial charge in [-0.2, -0.15) is 0 Å². The van der Waals surface area contributed by atoms with Crippen molar-refractivity contribution >= 4 is 6.03 Å². The number of carbonyl (C=O) groups is 1. The van der Waals surface area contributed by atoms with Gasteiger partial charge in [0.05, 0.1) is 6.10 Å². The van der Waals surface area contributed by atoms with Gasteiger partial charge in [-0.05, 0) is 32.4 Å². The molecular weight excluding hydrogens is 254 g/mol. The van der Waals surface area contributed by atoms with Crippen LogP contribution in [0.15, 0.2) is 24.4 Å². The van der Waals surface area contributed by atoms with E-state index in [2.05, 4.69) is 10.3 Å². The van der Waals surface area contributed by atoms with Crippen LogP contribution in [0.4, 0.5) is 4.79 Å². The molecule has 0 aliphatic carbocycles. The van der Waals surface area contributed by atoms with Crippen LogP contribution in [0.3, 0.4) is 0 Å². The molecular formula is C15H23N3O2. The lowest BCUT2D eigenvalue weighted by Gasteiger charge is -2.38. The van der Waals surface area contributed by atoms with Gasteiger partial charge in [0.1, 0.15) is 0 Å². The van der Waals surface area contributed by atoms with Crippen LogP contribution in [-0.2, 0) is 4.74 Å². The van der Waals surface area contributed by atoms with Crippen molar-refractivity contribution < 1.29 is 9.53 Å². The Morgan fingerprint density at radius 3 is 2.95 bits per heavy atom. The Morgan fingerprint density at radius 2 is 2.30 bits per heavy atom. The summed E-state index contributed by atoms with van der Waals surface area (Å²) in [6.07, 6.45) is 2.90. The predicted molar refractivity (Wildman–Crippen MR) is 77.7 cm³/mol. The van der Waals surface area contributed by atoms with Gasteiger partial charge in [-0.25, -0.2) is 4.79 Å². The Kier molecular flexibility index (Phi) is 5.35. The molecule has 1 aromatic heterocycles. The van der Waals surface area contributed by atoms with E-state index in [0.717, 1.165) is 25.2 Å². The molecule has 0 aromatic carbocycles. The highest BCUT2D eigenvalue weighted by Gasteiger charge is 2.32. The van der Waals surface area contributed by atoms with Crippen LogP contribution >= 0.6 is 0 Å². The normalized spacial score (nSPS) is 15.2. The number of likely N-dealkylation sites (tertiary alicyclic amines) is 1. The summed E-state index contributed by atoms with van der Waals surface area (Å²) in [5.41, 5.74) is 1.07. The summed E-state index contributed by atoms with van der Waals surface area (Å²) in [6, 6.07) is 5.93. The minimum absolute atomic E-state index is 0.0155. The van der Waals surface area contributed by atoms with Crippen LogP contribution in [0.5, 0.6) is 0 Å². The van der Waals surface area contributed by atoms with Crippen molar-refractivity contribution in [3.8, 4) is 0 Å². The standard InChI is InChI=1S/C15H23N3O2/c1-12(2)20-9-5-8-17-15(19)18-10-13(11-18)14-6-3-4-7-16-14/h3-4,6-7,12-13H,5,8-11H2,1-2H3,(H,17,19). The third kappa shape index (κ3) is 4.20. The molecule has 0 radical (unpaired) electrons. The molecule has 1 aliphatic heterocycles. The number of hydrogen-bond acceptors (Lipinski definition) is 3. The first-order chi connectivity index (χ1) is 9.66. The van der Waals surface area contributed by atoms with Crippen LogP contribution in [0.2, 0.25) is 0 Å². The molecule has 2 heterocycles. The first-order valence-corrected chi connectivity index (χ1v) is 7.22. The van der Waals surface area contributed by atoms with Crippen LogP contribution < -0.4 is 5.32 Å². The molecule has 0 saturated carbocycles. The second-order valence-electron chi connectivity index (χ2n) is 5.36. The van der Waals surface area contributed by atoms with E-state index in [1.54, 1.807) is 6.20 Å². The van der Waals surface area contributed by atoms with Gasteiger partial charge in [-0.1, -0.05) is 6.07 Å². The third-order valence-corrected chi connectivity index (χ3v) is 3.32. The molecule has 20 heavy (non-hydrogen) atoms. The summed E-state index contributed by atoms with van der Waals surface area (Å²) < 4.78 is 5.43. The molecule has 1 N–H and O–H groups in total. The summed E-state index contributed by atoms with van der Waals surface area (Å²) in [7, 11) is 0. The van der Waals surface area contributed by atoms with E-state index in [4.69, 9.17) is 4.74 Å². The average Bonchev–Trinajstić information content (AvgIpc) is 2.37. The molecule has 0 spiro atoms. The van der Waals surface area contributed by atoms with E-state index < -0.39 is 0 Å². The zero-order valence-corrected chi connectivity index (χ0v) is 12.2. The quantitative estimate of drug-likeness (QED) is 0.809. The number of aromatic nitrogens is 1. The summed E-state index contributed by atoms with van der Waals surface area (Å²) in [5.74, 6) is 0.381. The fourth-order valence-corrected chi connectivity index (χ4v) is 2.15. The average molecular weight is 277 g/mol. The number of pyridine rings is 1. The lowest BCUT2D eigenvalue weighted by Crippen LogP contribution is -2.52. The van der Waals surface area contributed by atoms with Gasteiger partial charge in [0.15, 0.2) is 0 Å². The van der Waals surface area contributed by atoms with Gasteiger partial charge in [0.2, 0.25) is 0 Å². The molecule has 1 fully saturated rings. The van der Waals surface area contributed by atoms with Gasteiger partial charge in [-0.15, -0.1) is 0 Å². The Bertz CT molecular complexity index is 416. The molecule has 0 bridgehead atoms. The van der Waals surface area contributed by atoms with Crippen LogP contribution in [-0.4, -0.2) is 48.3 Å². The van der Waals surface area contributed by atoms with Gasteiger partial charge in [0.25, 0.3) is 0 Å². The van der Waals surface area contributed by atoms with E-state index in [9.17, 15) is 4.79 Å². The van der Waals surface area contributed by atoms with E-state index in [1.807, 2.05) is 36.9 Å². The second-order valence-corrected chi connectivity index (χ2v) is 5.36. The highest BCUT2D eigenvalue weighted by Crippen LogP contribution is 2.24. The Labute approximate surface area is 120 Å². The number of ether oxygens (including phenoxy) is 1. The number of nitrogens with one attached hydrogen (secondary N) is 1. The summed E-state index contributed by atoms with van der Waals surface area (Å²) >= 11 is 0. The molecule has 5 nitrogen and oxygen atoms in total. The molecule has 5 heteroatoms. The van der Waals surface area contributed by atoms with Gasteiger partial charge < -0.3 is 15.0 Å². The molecule has 0 atom stereocenters. The third-order valence-electron chi connectivity index (χ3n) is 3.32. The summed E-state index contributed by atoms with van der Waals surface area (Å²) in [6.45, 7) is 6.88. The fourth-order valence-electron chi connectivity index (χ4n) is 2.15. The fraction of sp³-hybridized carbons (Fsp3) is 0.600. The number of rotatable bonds is 6. The van der Waals surface area contributed by atoms with Gasteiger partial charge in [-0.3, -0.25) is 4.98 Å². The first-order valence-electron chi connectivity index (χ1n) is 7.22. The second kappa shape index (κ2) is 7.24. The van der Waals surface area contributed by atoms with Crippen LogP contribution in [0.1, 0.15) is 31.9 Å². The number of urea groups is 1. The molecule has 0 unspecified atom stereocenters. The topological polar surface area (TPSA) is 54.5 Å². The number of carbonyl (C=O) groups excluding carboxylic acids is 1. The Morgan fingerprint density at radius 1 is 1.50 bits per heavy atom. The zero-order chi connectivity index (χ0) is 14.4. The first kappa shape index (κ1) is 14.8. The van der Waals surface area contributed by atoms with Crippen molar-refractivity contribution in [2.24, 2.45) is 0 Å². The number of amides is 2. The molecule has 1 aliphatic rings. The van der Waals surface area contributed by atoms with Crippen molar-refractivity contribution in [1.82, 2.24) is 15.2 Å². The Hall–Kier alpha value is -1.62. The molecule has 2 rings (SSSR count). The van der Waals surface area contributed by atoms with Crippen molar-refractivity contribution in [3.63, 3.8) is 0 Å². The number of hydrogen-bond donors (Lipinski definition) is 1. The summed E-state index contributed by atoms with van der Waals surface area (Å²) in [4.78, 5) is 18.0.